The fourth-order valence-electron chi connectivity index (χ4n) is 4.46. The molecule has 7 aromatic carbocycles. The molecule has 79 heavy (non-hydrogen) atoms. The van der Waals surface area contributed by atoms with Crippen molar-refractivity contribution in [1.82, 2.24) is 0 Å². The topological polar surface area (TPSA) is 215 Å². The van der Waals surface area contributed by atoms with Gasteiger partial charge in [0.15, 0.2) is 0 Å². The van der Waals surface area contributed by atoms with Crippen LogP contribution in [0.4, 0.5) is 30.0 Å². The summed E-state index contributed by atoms with van der Waals surface area (Å²) < 4.78 is 192. The quantitative estimate of drug-likeness (QED) is 0.0554. The molecule has 426 valence electrons. The standard InChI is InChI=1S/C14H8Cl2N2O2.C14H10Cl2N2.C7H6Cl2.C7H3ClN2O2.C7H7Cl.CH3Cl.5CH4.BF3.H2O/c15-12-4-10(5-13(16)7-12)3-11-2-1-9(8-17)6-14(11)18(19)20;15-12-4-10(5-13(16)7-12)3-11-2-1-9(8-17)6-14(11)18;1-5-2-6(8)4-7(9)3-5;8-6-2-1-5(4-9)3-7(6)10(11)12;1-6-3-2-4-7(8)5-6;1-2;;;;;;2-1(3)4;/h1-2,4-7H,3H2;1-2,4-7H,3,18H2;2-4H,1H3;1-3H;2-5H,1H3;1H3;5*1H4;;1H2/i2*1D,2D,4D,5D,6D,7D;;1D,2D,3D;1D,2D,3D,4D,5D;;;;;;;;/hD2. The van der Waals surface area contributed by atoms with Gasteiger partial charge in [-0.25, -0.2) is 0 Å². The van der Waals surface area contributed by atoms with Crippen molar-refractivity contribution in [3.8, 4) is 18.2 Å². The minimum Gasteiger partial charge on any atom is -0.412 e. The number of aryl methyl sites for hydroxylation is 1. The fourth-order valence-corrected chi connectivity index (χ4v) is 6.35. The lowest BCUT2D eigenvalue weighted by Gasteiger charge is -2.07. The first-order chi connectivity index (χ1) is 44.4. The average Bonchev–Trinajstić information content (AvgIpc) is 0.775. The number of nitro groups is 2. The highest BCUT2D eigenvalue weighted by Crippen LogP contribution is 2.28. The van der Waals surface area contributed by atoms with Crippen LogP contribution in [0, 0.1) is 68.0 Å². The molecule has 0 saturated heterocycles. The zero-order valence-corrected chi connectivity index (χ0v) is 43.6. The molecule has 24 heteroatoms. The Morgan fingerprint density at radius 1 is 0.570 bits per heavy atom. The number of hydrogen-bond donors (Lipinski definition) is 1. The zero-order chi connectivity index (χ0) is 75.3. The molecule has 0 unspecified atom stereocenters. The second kappa shape index (κ2) is 44.8. The molecule has 0 heterocycles. The summed E-state index contributed by atoms with van der Waals surface area (Å²) in [5, 5.41) is 47.9. The fraction of sp³-hybridized carbons (Fsp3) is 0.182. The molecule has 7 aromatic rings. The summed E-state index contributed by atoms with van der Waals surface area (Å²) in [7, 11) is -3.67. The maximum absolute atomic E-state index is 11.4. The molecule has 0 aliphatic carbocycles. The maximum Gasteiger partial charge on any atom is 0.762 e. The van der Waals surface area contributed by atoms with Crippen molar-refractivity contribution < 1.29 is 55.7 Å². The summed E-state index contributed by atoms with van der Waals surface area (Å²) in [5.74, 6) is 0. The van der Waals surface area contributed by atoms with Gasteiger partial charge < -0.3 is 11.2 Å². The van der Waals surface area contributed by atoms with Crippen LogP contribution in [0.1, 0.15) is 115 Å². The van der Waals surface area contributed by atoms with Gasteiger partial charge in [-0.05, 0) is 145 Å². The highest BCUT2D eigenvalue weighted by molar-refractivity contribution is 6.36. The minimum absolute atomic E-state index is 0. The van der Waals surface area contributed by atoms with Gasteiger partial charge in [-0.2, -0.15) is 15.8 Å². The van der Waals surface area contributed by atoms with Gasteiger partial charge in [0, 0.05) is 72.7 Å². The van der Waals surface area contributed by atoms with Crippen LogP contribution < -0.4 is 5.73 Å². The molecule has 0 spiro atoms. The van der Waals surface area contributed by atoms with Crippen LogP contribution in [0.5, 0.6) is 0 Å². The van der Waals surface area contributed by atoms with Crippen LogP contribution in [0.15, 0.2) is 133 Å². The van der Waals surface area contributed by atoms with E-state index in [9.17, 15) is 33.2 Å². The molecule has 0 atom stereocenters. The average molecular weight is 1290 g/mol. The van der Waals surface area contributed by atoms with Gasteiger partial charge in [0.25, 0.3) is 11.4 Å². The Labute approximate surface area is 538 Å². The molecule has 0 aliphatic heterocycles. The van der Waals surface area contributed by atoms with E-state index >= 15 is 0 Å². The predicted octanol–water partition coefficient (Wildman–Crippen LogP) is 20.6. The van der Waals surface area contributed by atoms with Crippen LogP contribution in [0.2, 0.25) is 40.2 Å². The van der Waals surface area contributed by atoms with Crippen molar-refractivity contribution in [2.45, 2.75) is 63.8 Å². The lowest BCUT2D eigenvalue weighted by molar-refractivity contribution is -0.385. The lowest BCUT2D eigenvalue weighted by Crippen LogP contribution is -1.97. The summed E-state index contributed by atoms with van der Waals surface area (Å²) >= 11 is 50.4. The largest absolute Gasteiger partial charge is 0.762 e. The van der Waals surface area contributed by atoms with E-state index < -0.39 is 117 Å². The molecular formula is C55H59BCl9F3N6O5. The van der Waals surface area contributed by atoms with Crippen LogP contribution in [-0.4, -0.2) is 32.1 Å². The van der Waals surface area contributed by atoms with E-state index in [1.165, 1.54) is 18.5 Å². The van der Waals surface area contributed by atoms with Gasteiger partial charge in [-0.3, -0.25) is 33.2 Å². The predicted molar refractivity (Wildman–Crippen MR) is 330 cm³/mol. The number of anilines is 1. The number of alkyl halides is 1. The Morgan fingerprint density at radius 3 is 1.34 bits per heavy atom. The highest BCUT2D eigenvalue weighted by Gasteiger charge is 2.16. The van der Waals surface area contributed by atoms with Crippen molar-refractivity contribution in [2.24, 2.45) is 0 Å². The van der Waals surface area contributed by atoms with Gasteiger partial charge in [0.05, 0.1) is 70.8 Å². The second-order valence-electron chi connectivity index (χ2n) is 12.3. The number of rotatable bonds is 6. The van der Waals surface area contributed by atoms with Gasteiger partial charge in [0.1, 0.15) is 5.02 Å². The van der Waals surface area contributed by atoms with Gasteiger partial charge in [0.2, 0.25) is 2.86 Å². The lowest BCUT2D eigenvalue weighted by atomic mass is 10.0. The molecule has 11 nitrogen and oxygen atoms in total. The first-order valence-electron chi connectivity index (χ1n) is 29.5. The minimum atomic E-state index is -3.67. The van der Waals surface area contributed by atoms with E-state index in [-0.39, 0.29) is 163 Å². The van der Waals surface area contributed by atoms with E-state index in [2.05, 4.69) is 17.1 Å². The van der Waals surface area contributed by atoms with Crippen molar-refractivity contribution >= 4 is 129 Å². The summed E-state index contributed by atoms with van der Waals surface area (Å²) in [6.45, 7) is 1.70. The maximum atomic E-state index is 11.4. The molecule has 0 aromatic heterocycles. The molecule has 0 radical (unpaired) electrons. The van der Waals surface area contributed by atoms with Crippen LogP contribution >= 0.6 is 104 Å². The van der Waals surface area contributed by atoms with Crippen molar-refractivity contribution in [1.29, 1.82) is 18.6 Å². The number of nitrogens with zero attached hydrogens (tertiary/aromatic N) is 5. The Bertz CT molecular complexity index is 4080. The van der Waals surface area contributed by atoms with Crippen molar-refractivity contribution in [3.63, 3.8) is 0 Å². The summed E-state index contributed by atoms with van der Waals surface area (Å²) in [4.78, 5) is 20.0. The van der Waals surface area contributed by atoms with Crippen molar-refractivity contribution in [2.75, 3.05) is 12.1 Å². The summed E-state index contributed by atoms with van der Waals surface area (Å²) in [6.07, 6.45) is 0.696. The van der Waals surface area contributed by atoms with Gasteiger partial charge in [-0.1, -0.05) is 154 Å². The van der Waals surface area contributed by atoms with Crippen molar-refractivity contribution in [3.05, 3.63) is 243 Å². The number of nitriles is 3. The number of nitrogen functional groups attached to an aromatic ring is 1. The SMILES string of the molecule is C.C.C.C.C.CCl.Cc1cc(Cl)cc(Cl)c1.FB(F)F.[2H]Cc1c([2H])c([2H])c([2H])c(Cl)c1[2H].[2H]O[2H].[2H]c1c(Cl)c([2H])c(Cc2c([2H])c([2H])c(C#N)c([2H])c2N)c([2H])c1Cl.[2H]c1c(Cl)c([2H])c(Cc2c([2H])c([2H])c(C#N)c([2H])c2[N+](=O)[O-])c([2H])c1Cl.[2H]c1c([2H])c(C#N)c([2H])c([N+](=O)[O-])c1Cl. The number of benzene rings is 7. The Morgan fingerprint density at radius 2 is 0.949 bits per heavy atom. The molecule has 0 fully saturated rings. The monoisotopic (exact) mass is 1290 g/mol. The van der Waals surface area contributed by atoms with E-state index in [1.54, 1.807) is 12.1 Å². The third-order valence-corrected chi connectivity index (χ3v) is 8.74. The van der Waals surface area contributed by atoms with Crippen LogP contribution in [0.25, 0.3) is 0 Å². The number of nitrogens with two attached hydrogens (primary N) is 1. The highest BCUT2D eigenvalue weighted by atomic mass is 35.5. The van der Waals surface area contributed by atoms with Crippen LogP contribution in [-0.2, 0) is 12.8 Å². The number of halogens is 12. The smallest absolute Gasteiger partial charge is 0.412 e. The summed E-state index contributed by atoms with van der Waals surface area (Å²) in [6, 6.07) is 1.54. The normalized spacial score (nSPS) is 12.4. The molecule has 0 aliphatic rings. The third kappa shape index (κ3) is 34.6. The number of hydrogen-bond acceptors (Lipinski definition) is 8. The molecule has 0 bridgehead atoms. The molecule has 7 rings (SSSR count). The van der Waals surface area contributed by atoms with Gasteiger partial charge in [-0.15, -0.1) is 11.6 Å². The molecule has 0 saturated carbocycles. The zero-order valence-electron chi connectivity index (χ0n) is 58.8. The third-order valence-electron chi connectivity index (χ3n) is 7.08. The van der Waals surface area contributed by atoms with Crippen LogP contribution in [0.3, 0.4) is 0 Å². The first kappa shape index (κ1) is 47.8. The van der Waals surface area contributed by atoms with E-state index in [0.29, 0.717) is 10.0 Å². The molecule has 0 amide bonds. The van der Waals surface area contributed by atoms with Gasteiger partial charge >= 0.3 is 7.54 Å². The Hall–Kier alpha value is -5.97. The van der Waals surface area contributed by atoms with E-state index in [1.807, 2.05) is 19.1 Å². The molecule has 4 N–H and O–H groups in total. The summed E-state index contributed by atoms with van der Waals surface area (Å²) in [5.41, 5.74) is 5.96. The van der Waals surface area contributed by atoms with E-state index in [4.69, 9.17) is 145 Å². The number of nitro benzene ring substituents is 2. The first-order valence-corrected chi connectivity index (χ1v) is 22.2. The molecular weight excluding hydrogens is 1210 g/mol. The Kier molecular flexibility index (Phi) is 27.1. The Balaban J connectivity index is -0.000000277. The van der Waals surface area contributed by atoms with E-state index in [0.717, 1.165) is 5.56 Å². The second-order valence-corrected chi connectivity index (χ2v) is 15.4.